The molecule has 1 unspecified atom stereocenters. The van der Waals surface area contributed by atoms with Crippen molar-refractivity contribution in [3.05, 3.63) is 91.0 Å². The van der Waals surface area contributed by atoms with Gasteiger partial charge in [-0.2, -0.15) is 0 Å². The first kappa shape index (κ1) is 19.2. The molecule has 0 aromatic heterocycles. The quantitative estimate of drug-likeness (QED) is 0.243. The number of carbonyl (C=O) groups excluding carboxylic acids is 1. The molecule has 2 aromatic rings. The van der Waals surface area contributed by atoms with Crippen molar-refractivity contribution in [3.8, 4) is 11.5 Å². The number of aliphatic hydroxyl groups is 1. The fourth-order valence-electron chi connectivity index (χ4n) is 2.37. The highest BCUT2D eigenvalue weighted by Crippen LogP contribution is 2.21. The topological polar surface area (TPSA) is 55.8 Å². The number of aryl methyl sites for hydroxylation is 2. The molecule has 0 fully saturated rings. The van der Waals surface area contributed by atoms with Gasteiger partial charge in [-0.15, -0.1) is 0 Å². The van der Waals surface area contributed by atoms with Crippen molar-refractivity contribution >= 4 is 12.0 Å². The molecular weight excluding hydrogens is 328 g/mol. The molecule has 0 saturated heterocycles. The Kier molecular flexibility index (Phi) is 6.94. The Bertz CT molecular complexity index is 790. The van der Waals surface area contributed by atoms with Crippen LogP contribution >= 0.6 is 0 Å². The van der Waals surface area contributed by atoms with E-state index < -0.39 is 12.3 Å². The molecule has 0 bridgehead atoms. The molecule has 2 aromatic carbocycles. The maximum atomic E-state index is 11.2. The van der Waals surface area contributed by atoms with Crippen molar-refractivity contribution in [1.29, 1.82) is 0 Å². The minimum atomic E-state index is -1.05. The van der Waals surface area contributed by atoms with Crippen LogP contribution in [0.2, 0.25) is 0 Å². The molecule has 0 aliphatic carbocycles. The lowest BCUT2D eigenvalue weighted by Crippen LogP contribution is -2.11. The van der Waals surface area contributed by atoms with Crippen LogP contribution in [0.1, 0.15) is 16.7 Å². The van der Waals surface area contributed by atoms with Crippen LogP contribution in [0.25, 0.3) is 6.08 Å². The van der Waals surface area contributed by atoms with Gasteiger partial charge in [0, 0.05) is 6.08 Å². The van der Waals surface area contributed by atoms with Gasteiger partial charge in [-0.25, -0.2) is 4.79 Å². The zero-order chi connectivity index (χ0) is 18.9. The summed E-state index contributed by atoms with van der Waals surface area (Å²) in [5.74, 6) is 0.575. The van der Waals surface area contributed by atoms with Gasteiger partial charge in [0.1, 0.15) is 11.5 Å². The second kappa shape index (κ2) is 9.39. The predicted molar refractivity (Wildman–Crippen MR) is 103 cm³/mol. The SMILES string of the molecule is C=CC(=O)Oc1ccc(CCc2cc(C=C)cc(OC(O)C=C)c2)cc1. The van der Waals surface area contributed by atoms with Crippen molar-refractivity contribution in [2.75, 3.05) is 0 Å². The zero-order valence-electron chi connectivity index (χ0n) is 14.6. The molecule has 4 heteroatoms. The lowest BCUT2D eigenvalue weighted by molar-refractivity contribution is -0.128. The molecule has 0 saturated carbocycles. The van der Waals surface area contributed by atoms with Gasteiger partial charge >= 0.3 is 5.97 Å². The normalized spacial score (nSPS) is 11.3. The highest BCUT2D eigenvalue weighted by Gasteiger charge is 2.06. The number of ether oxygens (including phenoxy) is 2. The van der Waals surface area contributed by atoms with E-state index in [1.165, 1.54) is 6.08 Å². The highest BCUT2D eigenvalue weighted by molar-refractivity contribution is 5.83. The van der Waals surface area contributed by atoms with E-state index >= 15 is 0 Å². The van der Waals surface area contributed by atoms with Crippen LogP contribution in [0.5, 0.6) is 11.5 Å². The van der Waals surface area contributed by atoms with Gasteiger partial charge < -0.3 is 14.6 Å². The standard InChI is InChI=1S/C22H22O4/c1-4-16-13-18(15-20(14-16)26-22(24)6-3)8-7-17-9-11-19(12-10-17)25-21(23)5-2/h4-6,9-15,22,24H,1-3,7-8H2. The third-order valence-electron chi connectivity index (χ3n) is 3.69. The first-order valence-corrected chi connectivity index (χ1v) is 8.21. The summed E-state index contributed by atoms with van der Waals surface area (Å²) in [7, 11) is 0. The minimum Gasteiger partial charge on any atom is -0.461 e. The maximum absolute atomic E-state index is 11.2. The van der Waals surface area contributed by atoms with Crippen LogP contribution < -0.4 is 9.47 Å². The molecule has 4 nitrogen and oxygen atoms in total. The van der Waals surface area contributed by atoms with Crippen LogP contribution in [0.4, 0.5) is 0 Å². The second-order valence-electron chi connectivity index (χ2n) is 5.63. The van der Waals surface area contributed by atoms with E-state index in [2.05, 4.69) is 19.7 Å². The van der Waals surface area contributed by atoms with Crippen molar-refractivity contribution in [1.82, 2.24) is 0 Å². The lowest BCUT2D eigenvalue weighted by Gasteiger charge is -2.12. The Balaban J connectivity index is 2.04. The monoisotopic (exact) mass is 350 g/mol. The summed E-state index contributed by atoms with van der Waals surface area (Å²) >= 11 is 0. The number of aliphatic hydroxyl groups excluding tert-OH is 1. The summed E-state index contributed by atoms with van der Waals surface area (Å²) in [5.41, 5.74) is 3.09. The average Bonchev–Trinajstić information content (AvgIpc) is 2.67. The fourth-order valence-corrected chi connectivity index (χ4v) is 2.37. The van der Waals surface area contributed by atoms with Crippen molar-refractivity contribution in [2.24, 2.45) is 0 Å². The average molecular weight is 350 g/mol. The van der Waals surface area contributed by atoms with Crippen LogP contribution in [0.15, 0.2) is 74.4 Å². The predicted octanol–water partition coefficient (Wildman–Crippen LogP) is 4.09. The number of carbonyl (C=O) groups is 1. The van der Waals surface area contributed by atoms with E-state index in [1.807, 2.05) is 30.3 Å². The lowest BCUT2D eigenvalue weighted by atomic mass is 10.0. The molecule has 0 radical (unpaired) electrons. The summed E-state index contributed by atoms with van der Waals surface area (Å²) in [6, 6.07) is 13.1. The Labute approximate surface area is 153 Å². The Morgan fingerprint density at radius 2 is 1.69 bits per heavy atom. The molecule has 0 heterocycles. The third-order valence-corrected chi connectivity index (χ3v) is 3.69. The van der Waals surface area contributed by atoms with Crippen molar-refractivity contribution in [3.63, 3.8) is 0 Å². The molecule has 134 valence electrons. The summed E-state index contributed by atoms with van der Waals surface area (Å²) in [6.45, 7) is 10.6. The van der Waals surface area contributed by atoms with E-state index in [4.69, 9.17) is 9.47 Å². The van der Waals surface area contributed by atoms with E-state index in [9.17, 15) is 9.90 Å². The number of rotatable bonds is 9. The summed E-state index contributed by atoms with van der Waals surface area (Å²) in [5, 5.41) is 9.57. The third kappa shape index (κ3) is 5.76. The van der Waals surface area contributed by atoms with Crippen LogP contribution in [0.3, 0.4) is 0 Å². The largest absolute Gasteiger partial charge is 0.461 e. The molecule has 0 aliphatic rings. The number of hydrogen-bond acceptors (Lipinski definition) is 4. The smallest absolute Gasteiger partial charge is 0.335 e. The Hall–Kier alpha value is -3.11. The first-order valence-electron chi connectivity index (χ1n) is 8.21. The molecule has 26 heavy (non-hydrogen) atoms. The molecular formula is C22H22O4. The Morgan fingerprint density at radius 3 is 2.31 bits per heavy atom. The first-order chi connectivity index (χ1) is 12.5. The minimum absolute atomic E-state index is 0.478. The highest BCUT2D eigenvalue weighted by atomic mass is 16.6. The van der Waals surface area contributed by atoms with E-state index in [-0.39, 0.29) is 0 Å². The van der Waals surface area contributed by atoms with Gasteiger partial charge in [0.2, 0.25) is 6.29 Å². The molecule has 0 amide bonds. The van der Waals surface area contributed by atoms with Gasteiger partial charge in [-0.1, -0.05) is 44.0 Å². The fraction of sp³-hybridized carbons (Fsp3) is 0.136. The maximum Gasteiger partial charge on any atom is 0.335 e. The van der Waals surface area contributed by atoms with Crippen molar-refractivity contribution in [2.45, 2.75) is 19.1 Å². The summed E-state index contributed by atoms with van der Waals surface area (Å²) in [4.78, 5) is 11.2. The van der Waals surface area contributed by atoms with Gasteiger partial charge in [0.05, 0.1) is 0 Å². The van der Waals surface area contributed by atoms with Crippen LogP contribution in [-0.2, 0) is 17.6 Å². The number of esters is 1. The molecule has 2 rings (SSSR count). The van der Waals surface area contributed by atoms with Crippen LogP contribution in [-0.4, -0.2) is 17.4 Å². The summed E-state index contributed by atoms with van der Waals surface area (Å²) in [6.07, 6.45) is 4.73. The van der Waals surface area contributed by atoms with Gasteiger partial charge in [-0.05, 0) is 59.9 Å². The number of hydrogen-bond donors (Lipinski definition) is 1. The van der Waals surface area contributed by atoms with E-state index in [1.54, 1.807) is 18.2 Å². The van der Waals surface area contributed by atoms with Gasteiger partial charge in [0.25, 0.3) is 0 Å². The van der Waals surface area contributed by atoms with Gasteiger partial charge in [0.15, 0.2) is 0 Å². The zero-order valence-corrected chi connectivity index (χ0v) is 14.6. The van der Waals surface area contributed by atoms with E-state index in [0.29, 0.717) is 11.5 Å². The number of benzene rings is 2. The summed E-state index contributed by atoms with van der Waals surface area (Å²) < 4.78 is 10.5. The second-order valence-corrected chi connectivity index (χ2v) is 5.63. The molecule has 1 atom stereocenters. The van der Waals surface area contributed by atoms with Crippen LogP contribution in [0, 0.1) is 0 Å². The van der Waals surface area contributed by atoms with Crippen molar-refractivity contribution < 1.29 is 19.4 Å². The molecule has 1 N–H and O–H groups in total. The Morgan fingerprint density at radius 1 is 1.00 bits per heavy atom. The molecule has 0 aliphatic heterocycles. The molecule has 0 spiro atoms. The van der Waals surface area contributed by atoms with Gasteiger partial charge in [-0.3, -0.25) is 0 Å². The van der Waals surface area contributed by atoms with E-state index in [0.717, 1.165) is 35.6 Å².